The molecule has 1 fully saturated rings. The van der Waals surface area contributed by atoms with Crippen molar-refractivity contribution < 1.29 is 22.8 Å². The van der Waals surface area contributed by atoms with Crippen LogP contribution in [0, 0.1) is 6.92 Å². The lowest BCUT2D eigenvalue weighted by Gasteiger charge is -2.30. The van der Waals surface area contributed by atoms with Gasteiger partial charge in [-0.15, -0.1) is 10.2 Å². The van der Waals surface area contributed by atoms with Crippen molar-refractivity contribution in [3.63, 3.8) is 0 Å². The van der Waals surface area contributed by atoms with Gasteiger partial charge in [-0.1, -0.05) is 12.8 Å². The molecule has 0 aromatic carbocycles. The van der Waals surface area contributed by atoms with E-state index in [-0.39, 0.29) is 30.9 Å². The standard InChI is InChI=1S/C24H26N6O5/c1-16-10-11-20(35-16)23-26-28-30(27-23)15-21(31)29(14-18-8-4-12-33-18)22(19-9-5-13-34-19)24(32)25-17-6-2-3-7-17/h4-5,8-13,17,22H,2-3,6-7,14-15H2,1H3,(H,25,32). The fraction of sp³-hybridized carbons (Fsp3) is 0.375. The van der Waals surface area contributed by atoms with Crippen molar-refractivity contribution >= 4 is 11.8 Å². The van der Waals surface area contributed by atoms with Crippen molar-refractivity contribution in [1.29, 1.82) is 0 Å². The maximum Gasteiger partial charge on any atom is 0.250 e. The largest absolute Gasteiger partial charge is 0.467 e. The molecule has 0 radical (unpaired) electrons. The molecule has 182 valence electrons. The van der Waals surface area contributed by atoms with E-state index in [4.69, 9.17) is 13.3 Å². The predicted octanol–water partition coefficient (Wildman–Crippen LogP) is 3.26. The van der Waals surface area contributed by atoms with Crippen molar-refractivity contribution in [2.24, 2.45) is 0 Å². The molecule has 0 saturated heterocycles. The van der Waals surface area contributed by atoms with E-state index in [0.717, 1.165) is 25.7 Å². The summed E-state index contributed by atoms with van der Waals surface area (Å²) in [6, 6.07) is 9.49. The highest BCUT2D eigenvalue weighted by Crippen LogP contribution is 2.27. The molecule has 1 N–H and O–H groups in total. The highest BCUT2D eigenvalue weighted by Gasteiger charge is 2.36. The number of hydrogen-bond acceptors (Lipinski definition) is 8. The van der Waals surface area contributed by atoms with E-state index in [0.29, 0.717) is 23.0 Å². The molecule has 11 heteroatoms. The number of carbonyl (C=O) groups is 2. The number of carbonyl (C=O) groups excluding carboxylic acids is 2. The molecule has 1 unspecified atom stereocenters. The van der Waals surface area contributed by atoms with E-state index in [1.165, 1.54) is 22.2 Å². The Labute approximate surface area is 201 Å². The Balaban J connectivity index is 1.41. The zero-order chi connectivity index (χ0) is 24.2. The molecule has 0 bridgehead atoms. The van der Waals surface area contributed by atoms with Crippen molar-refractivity contribution in [2.45, 2.75) is 57.8 Å². The van der Waals surface area contributed by atoms with Gasteiger partial charge >= 0.3 is 0 Å². The first-order valence-corrected chi connectivity index (χ1v) is 11.6. The van der Waals surface area contributed by atoms with Crippen LogP contribution in [0.3, 0.4) is 0 Å². The topological polar surface area (TPSA) is 132 Å². The second-order valence-electron chi connectivity index (χ2n) is 8.56. The van der Waals surface area contributed by atoms with Crippen LogP contribution in [0.2, 0.25) is 0 Å². The second kappa shape index (κ2) is 10.00. The summed E-state index contributed by atoms with van der Waals surface area (Å²) in [5.74, 6) is 1.63. The normalized spacial score (nSPS) is 14.8. The maximum absolute atomic E-state index is 13.6. The lowest BCUT2D eigenvalue weighted by Crippen LogP contribution is -2.46. The highest BCUT2D eigenvalue weighted by molar-refractivity contribution is 5.88. The van der Waals surface area contributed by atoms with Crippen LogP contribution < -0.4 is 5.32 Å². The monoisotopic (exact) mass is 478 g/mol. The summed E-state index contributed by atoms with van der Waals surface area (Å²) in [6.07, 6.45) is 6.98. The fourth-order valence-electron chi connectivity index (χ4n) is 4.29. The average Bonchev–Trinajstić information content (AvgIpc) is 3.65. The van der Waals surface area contributed by atoms with Gasteiger partial charge in [-0.05, 0) is 61.4 Å². The number of nitrogens with one attached hydrogen (secondary N) is 1. The molecule has 11 nitrogen and oxygen atoms in total. The highest BCUT2D eigenvalue weighted by atomic mass is 16.3. The number of aromatic nitrogens is 4. The Morgan fingerprint density at radius 2 is 1.94 bits per heavy atom. The minimum Gasteiger partial charge on any atom is -0.467 e. The van der Waals surface area contributed by atoms with Crippen LogP contribution >= 0.6 is 0 Å². The molecule has 0 spiro atoms. The minimum absolute atomic E-state index is 0.0637. The number of hydrogen-bond donors (Lipinski definition) is 1. The summed E-state index contributed by atoms with van der Waals surface area (Å²) in [5, 5.41) is 15.3. The van der Waals surface area contributed by atoms with Gasteiger partial charge in [0.1, 0.15) is 23.8 Å². The molecule has 4 aromatic heterocycles. The van der Waals surface area contributed by atoms with Crippen molar-refractivity contribution in [3.8, 4) is 11.6 Å². The van der Waals surface area contributed by atoms with Gasteiger partial charge in [-0.2, -0.15) is 4.80 Å². The summed E-state index contributed by atoms with van der Waals surface area (Å²) in [5.41, 5.74) is 0. The Morgan fingerprint density at radius 3 is 2.63 bits per heavy atom. The molecular weight excluding hydrogens is 452 g/mol. The summed E-state index contributed by atoms with van der Waals surface area (Å²) in [6.45, 7) is 1.64. The van der Waals surface area contributed by atoms with Gasteiger partial charge in [0, 0.05) is 6.04 Å². The van der Waals surface area contributed by atoms with Crippen LogP contribution in [-0.4, -0.2) is 43.0 Å². The van der Waals surface area contributed by atoms with Crippen LogP contribution in [0.25, 0.3) is 11.6 Å². The van der Waals surface area contributed by atoms with Gasteiger partial charge in [-0.3, -0.25) is 9.59 Å². The average molecular weight is 479 g/mol. The number of tetrazole rings is 1. The molecular formula is C24H26N6O5. The van der Waals surface area contributed by atoms with Gasteiger partial charge in [0.15, 0.2) is 11.8 Å². The van der Waals surface area contributed by atoms with E-state index < -0.39 is 11.9 Å². The fourth-order valence-corrected chi connectivity index (χ4v) is 4.29. The lowest BCUT2D eigenvalue weighted by atomic mass is 10.1. The van der Waals surface area contributed by atoms with E-state index in [2.05, 4.69) is 20.7 Å². The second-order valence-corrected chi connectivity index (χ2v) is 8.56. The zero-order valence-electron chi connectivity index (χ0n) is 19.3. The summed E-state index contributed by atoms with van der Waals surface area (Å²) >= 11 is 0. The number of aryl methyl sites for hydroxylation is 1. The first-order chi connectivity index (χ1) is 17.1. The summed E-state index contributed by atoms with van der Waals surface area (Å²) < 4.78 is 16.6. The lowest BCUT2D eigenvalue weighted by molar-refractivity contribution is -0.143. The Kier molecular flexibility index (Phi) is 6.47. The van der Waals surface area contributed by atoms with Crippen LogP contribution in [0.1, 0.15) is 49.0 Å². The molecule has 5 rings (SSSR count). The van der Waals surface area contributed by atoms with E-state index in [1.807, 2.05) is 6.92 Å². The quantitative estimate of drug-likeness (QED) is 0.388. The number of furan rings is 3. The molecule has 4 heterocycles. The number of nitrogens with zero attached hydrogens (tertiary/aromatic N) is 5. The number of rotatable bonds is 9. The van der Waals surface area contributed by atoms with Crippen molar-refractivity contribution in [1.82, 2.24) is 30.4 Å². The van der Waals surface area contributed by atoms with E-state index >= 15 is 0 Å². The Morgan fingerprint density at radius 1 is 1.14 bits per heavy atom. The molecule has 1 aliphatic rings. The van der Waals surface area contributed by atoms with E-state index in [9.17, 15) is 9.59 Å². The molecule has 1 aliphatic carbocycles. The Bertz CT molecular complexity index is 1250. The number of amides is 2. The molecule has 2 amide bonds. The maximum atomic E-state index is 13.6. The third kappa shape index (κ3) is 5.18. The van der Waals surface area contributed by atoms with Crippen molar-refractivity contribution in [3.05, 3.63) is 66.2 Å². The van der Waals surface area contributed by atoms with Gasteiger partial charge < -0.3 is 23.5 Å². The molecule has 1 atom stereocenters. The van der Waals surface area contributed by atoms with Crippen molar-refractivity contribution in [2.75, 3.05) is 0 Å². The van der Waals surface area contributed by atoms with Crippen LogP contribution in [-0.2, 0) is 22.7 Å². The van der Waals surface area contributed by atoms with Crippen LogP contribution in [0.4, 0.5) is 0 Å². The molecule has 1 saturated carbocycles. The zero-order valence-corrected chi connectivity index (χ0v) is 19.3. The van der Waals surface area contributed by atoms with Gasteiger partial charge in [0.25, 0.3) is 5.91 Å². The first-order valence-electron chi connectivity index (χ1n) is 11.6. The third-order valence-electron chi connectivity index (χ3n) is 5.99. The van der Waals surface area contributed by atoms with Gasteiger partial charge in [0.2, 0.25) is 11.7 Å². The third-order valence-corrected chi connectivity index (χ3v) is 5.99. The van der Waals surface area contributed by atoms with E-state index in [1.54, 1.807) is 36.4 Å². The Hall–Kier alpha value is -4.15. The van der Waals surface area contributed by atoms with Crippen LogP contribution in [0.5, 0.6) is 0 Å². The SMILES string of the molecule is Cc1ccc(-c2nnn(CC(=O)N(Cc3ccco3)C(C(=O)NC3CCCC3)c3ccco3)n2)o1. The minimum atomic E-state index is -0.987. The predicted molar refractivity (Wildman–Crippen MR) is 121 cm³/mol. The summed E-state index contributed by atoms with van der Waals surface area (Å²) in [4.78, 5) is 29.6. The summed E-state index contributed by atoms with van der Waals surface area (Å²) in [7, 11) is 0. The molecule has 4 aromatic rings. The molecule has 0 aliphatic heterocycles. The molecule has 35 heavy (non-hydrogen) atoms. The smallest absolute Gasteiger partial charge is 0.250 e. The van der Waals surface area contributed by atoms with Gasteiger partial charge in [0.05, 0.1) is 19.1 Å². The van der Waals surface area contributed by atoms with Crippen LogP contribution in [0.15, 0.2) is 62.2 Å². The first kappa shape index (κ1) is 22.6. The van der Waals surface area contributed by atoms with Gasteiger partial charge in [-0.25, -0.2) is 0 Å².